The number of hydrogen-bond donors (Lipinski definition) is 1. The molecule has 0 bridgehead atoms. The summed E-state index contributed by atoms with van der Waals surface area (Å²) in [6.07, 6.45) is 10.2. The fourth-order valence-corrected chi connectivity index (χ4v) is 1.66. The summed E-state index contributed by atoms with van der Waals surface area (Å²) in [5, 5.41) is 8.97. The molecule has 0 aliphatic carbocycles. The Bertz CT molecular complexity index is 649. The van der Waals surface area contributed by atoms with Crippen LogP contribution in [-0.2, 0) is 14.3 Å². The number of carboxylic acids is 1. The van der Waals surface area contributed by atoms with E-state index in [-0.39, 0.29) is 6.61 Å². The summed E-state index contributed by atoms with van der Waals surface area (Å²) >= 11 is 0. The first-order chi connectivity index (χ1) is 11.0. The minimum absolute atomic E-state index is 0.135. The predicted octanol–water partition coefficient (Wildman–Crippen LogP) is 3.78. The van der Waals surface area contributed by atoms with Crippen LogP contribution in [0.2, 0.25) is 0 Å². The van der Waals surface area contributed by atoms with Crippen LogP contribution in [0.3, 0.4) is 0 Å². The molecule has 1 N–H and O–H groups in total. The normalized spacial score (nSPS) is 12.8. The van der Waals surface area contributed by atoms with E-state index >= 15 is 0 Å². The molecule has 0 radical (unpaired) electrons. The molecule has 0 aliphatic rings. The van der Waals surface area contributed by atoms with Gasteiger partial charge in [-0.2, -0.15) is 0 Å². The zero-order valence-electron chi connectivity index (χ0n) is 13.2. The summed E-state index contributed by atoms with van der Waals surface area (Å²) in [4.78, 5) is 22.4. The maximum atomic E-state index is 11.5. The number of hydrogen-bond acceptors (Lipinski definition) is 3. The van der Waals surface area contributed by atoms with Crippen molar-refractivity contribution >= 4 is 18.0 Å². The Balaban J connectivity index is 2.72. The van der Waals surface area contributed by atoms with Crippen LogP contribution in [0.4, 0.5) is 0 Å². The van der Waals surface area contributed by atoms with E-state index in [9.17, 15) is 9.59 Å². The molecule has 0 spiro atoms. The predicted molar refractivity (Wildman–Crippen MR) is 90.7 cm³/mol. The topological polar surface area (TPSA) is 63.6 Å². The van der Waals surface area contributed by atoms with Gasteiger partial charge in [-0.05, 0) is 25.5 Å². The summed E-state index contributed by atoms with van der Waals surface area (Å²) < 4.78 is 4.69. The van der Waals surface area contributed by atoms with Crippen LogP contribution in [-0.4, -0.2) is 23.7 Å². The molecule has 0 saturated carbocycles. The van der Waals surface area contributed by atoms with Gasteiger partial charge in [0.05, 0.1) is 6.61 Å². The number of rotatable bonds is 7. The number of aliphatic carboxylic acids is 1. The molecule has 0 unspecified atom stereocenters. The summed E-state index contributed by atoms with van der Waals surface area (Å²) in [5.41, 5.74) is 1.62. The highest BCUT2D eigenvalue weighted by Crippen LogP contribution is 2.04. The van der Waals surface area contributed by atoms with Gasteiger partial charge in [0.15, 0.2) is 0 Å². The van der Waals surface area contributed by atoms with Gasteiger partial charge in [-0.1, -0.05) is 66.3 Å². The molecule has 0 saturated heterocycles. The minimum atomic E-state index is -1.31. The van der Waals surface area contributed by atoms with Gasteiger partial charge in [0.25, 0.3) is 0 Å². The van der Waals surface area contributed by atoms with Crippen LogP contribution in [0.25, 0.3) is 6.08 Å². The molecule has 4 heteroatoms. The Labute approximate surface area is 136 Å². The van der Waals surface area contributed by atoms with Gasteiger partial charge in [0.1, 0.15) is 5.57 Å². The zero-order valence-corrected chi connectivity index (χ0v) is 13.2. The molecule has 4 nitrogen and oxygen atoms in total. The third-order valence-electron chi connectivity index (χ3n) is 2.80. The Morgan fingerprint density at radius 2 is 1.83 bits per heavy atom. The maximum absolute atomic E-state index is 11.5. The van der Waals surface area contributed by atoms with E-state index in [1.807, 2.05) is 55.5 Å². The molecule has 1 aromatic carbocycles. The first-order valence-corrected chi connectivity index (χ1v) is 7.23. The standard InChI is InChI=1S/C19H20O4/c1-3-23-19(22)17(18(20)21)14-8-10-15(2)9-7-13-16-11-5-4-6-12-16/h4-14H,3H2,1-2H3,(H,20,21). The maximum Gasteiger partial charge on any atom is 0.345 e. The van der Waals surface area contributed by atoms with Gasteiger partial charge in [-0.25, -0.2) is 9.59 Å². The molecule has 0 amide bonds. The van der Waals surface area contributed by atoms with Gasteiger partial charge >= 0.3 is 11.9 Å². The lowest BCUT2D eigenvalue weighted by molar-refractivity contribution is -0.143. The Hall–Kier alpha value is -2.88. The van der Waals surface area contributed by atoms with Crippen molar-refractivity contribution in [2.45, 2.75) is 13.8 Å². The van der Waals surface area contributed by atoms with E-state index in [0.717, 1.165) is 11.1 Å². The lowest BCUT2D eigenvalue weighted by Crippen LogP contribution is -2.15. The van der Waals surface area contributed by atoms with E-state index in [1.54, 1.807) is 13.0 Å². The summed E-state index contributed by atoms with van der Waals surface area (Å²) in [7, 11) is 0. The van der Waals surface area contributed by atoms with E-state index in [4.69, 9.17) is 5.11 Å². The zero-order chi connectivity index (χ0) is 17.1. The second-order valence-corrected chi connectivity index (χ2v) is 4.65. The highest BCUT2D eigenvalue weighted by Gasteiger charge is 2.17. The molecule has 0 atom stereocenters. The van der Waals surface area contributed by atoms with Crippen LogP contribution in [0.1, 0.15) is 19.4 Å². The first kappa shape index (κ1) is 18.2. The largest absolute Gasteiger partial charge is 0.477 e. The van der Waals surface area contributed by atoms with Crippen molar-refractivity contribution in [1.29, 1.82) is 0 Å². The lowest BCUT2D eigenvalue weighted by atomic mass is 10.2. The number of carbonyl (C=O) groups is 2. The smallest absolute Gasteiger partial charge is 0.345 e. The highest BCUT2D eigenvalue weighted by atomic mass is 16.5. The molecular weight excluding hydrogens is 292 g/mol. The molecule has 0 fully saturated rings. The van der Waals surface area contributed by atoms with Gasteiger partial charge in [0.2, 0.25) is 0 Å². The summed E-state index contributed by atoms with van der Waals surface area (Å²) in [6, 6.07) is 9.87. The first-order valence-electron chi connectivity index (χ1n) is 7.23. The van der Waals surface area contributed by atoms with Crippen molar-refractivity contribution < 1.29 is 19.4 Å². The van der Waals surface area contributed by atoms with Crippen molar-refractivity contribution in [3.05, 3.63) is 77.4 Å². The summed E-state index contributed by atoms with van der Waals surface area (Å²) in [5.74, 6) is -2.14. The SMILES string of the molecule is CCOC(=O)C(=CC=CC(C)=CC=Cc1ccccc1)C(=O)O. The Morgan fingerprint density at radius 3 is 2.43 bits per heavy atom. The van der Waals surface area contributed by atoms with Gasteiger partial charge in [-0.3, -0.25) is 0 Å². The van der Waals surface area contributed by atoms with Crippen LogP contribution < -0.4 is 0 Å². The number of esters is 1. The molecule has 23 heavy (non-hydrogen) atoms. The molecule has 120 valence electrons. The van der Waals surface area contributed by atoms with Crippen LogP contribution >= 0.6 is 0 Å². The monoisotopic (exact) mass is 312 g/mol. The molecule has 0 aliphatic heterocycles. The molecule has 1 aromatic rings. The van der Waals surface area contributed by atoms with Crippen molar-refractivity contribution in [1.82, 2.24) is 0 Å². The lowest BCUT2D eigenvalue weighted by Gasteiger charge is -2.00. The third kappa shape index (κ3) is 7.09. The number of benzene rings is 1. The fourth-order valence-electron chi connectivity index (χ4n) is 1.66. The van der Waals surface area contributed by atoms with Gasteiger partial charge in [0, 0.05) is 0 Å². The Kier molecular flexibility index (Phi) is 7.86. The van der Waals surface area contributed by atoms with Crippen LogP contribution in [0, 0.1) is 0 Å². The van der Waals surface area contributed by atoms with Crippen molar-refractivity contribution in [3.8, 4) is 0 Å². The van der Waals surface area contributed by atoms with E-state index in [1.165, 1.54) is 12.2 Å². The second-order valence-electron chi connectivity index (χ2n) is 4.65. The molecule has 0 aromatic heterocycles. The van der Waals surface area contributed by atoms with E-state index in [0.29, 0.717) is 0 Å². The molecule has 1 rings (SSSR count). The highest BCUT2D eigenvalue weighted by molar-refractivity contribution is 6.13. The number of allylic oxidation sites excluding steroid dienone is 6. The van der Waals surface area contributed by atoms with Crippen molar-refractivity contribution in [2.24, 2.45) is 0 Å². The van der Waals surface area contributed by atoms with Gasteiger partial charge in [-0.15, -0.1) is 0 Å². The van der Waals surface area contributed by atoms with Crippen LogP contribution in [0.15, 0.2) is 71.9 Å². The van der Waals surface area contributed by atoms with E-state index in [2.05, 4.69) is 4.74 Å². The second kappa shape index (κ2) is 9.95. The van der Waals surface area contributed by atoms with Crippen LogP contribution in [0.5, 0.6) is 0 Å². The fraction of sp³-hybridized carbons (Fsp3) is 0.158. The van der Waals surface area contributed by atoms with Crippen molar-refractivity contribution in [3.63, 3.8) is 0 Å². The number of carboxylic acid groups (broad SMARTS) is 1. The third-order valence-corrected chi connectivity index (χ3v) is 2.80. The van der Waals surface area contributed by atoms with Crippen molar-refractivity contribution in [2.75, 3.05) is 6.61 Å². The minimum Gasteiger partial charge on any atom is -0.477 e. The summed E-state index contributed by atoms with van der Waals surface area (Å²) in [6.45, 7) is 3.64. The van der Waals surface area contributed by atoms with E-state index < -0.39 is 17.5 Å². The molecule has 0 heterocycles. The quantitative estimate of drug-likeness (QED) is 0.274. The number of ether oxygens (including phenoxy) is 1. The van der Waals surface area contributed by atoms with Gasteiger partial charge < -0.3 is 9.84 Å². The number of carbonyl (C=O) groups excluding carboxylic acids is 1. The Morgan fingerprint density at radius 1 is 1.13 bits per heavy atom. The average Bonchev–Trinajstić information content (AvgIpc) is 2.52. The average molecular weight is 312 g/mol. The molecular formula is C19H20O4.